The van der Waals surface area contributed by atoms with Crippen molar-refractivity contribution in [3.8, 4) is 0 Å². The Hall–Kier alpha value is -1.71. The van der Waals surface area contributed by atoms with Gasteiger partial charge in [-0.3, -0.25) is 9.59 Å². The highest BCUT2D eigenvalue weighted by atomic mass is 19.1. The summed E-state index contributed by atoms with van der Waals surface area (Å²) in [6.45, 7) is 1.67. The predicted molar refractivity (Wildman–Crippen MR) is 72.9 cm³/mol. The molecule has 1 atom stereocenters. The Morgan fingerprint density at radius 2 is 2.05 bits per heavy atom. The first-order valence-electron chi connectivity index (χ1n) is 6.87. The van der Waals surface area contributed by atoms with Gasteiger partial charge in [-0.25, -0.2) is 4.39 Å². The zero-order valence-electron chi connectivity index (χ0n) is 11.9. The molecule has 1 fully saturated rings. The van der Waals surface area contributed by atoms with Crippen LogP contribution in [0.4, 0.5) is 4.39 Å². The van der Waals surface area contributed by atoms with Crippen molar-refractivity contribution < 1.29 is 18.7 Å². The van der Waals surface area contributed by atoms with Gasteiger partial charge in [-0.05, 0) is 43.4 Å². The number of halogens is 1. The maximum atomic E-state index is 13.8. The second-order valence-electron chi connectivity index (χ2n) is 5.38. The third-order valence-corrected chi connectivity index (χ3v) is 4.25. The first kappa shape index (κ1) is 14.7. The van der Waals surface area contributed by atoms with Gasteiger partial charge in [0.1, 0.15) is 11.6 Å². The molecule has 1 aromatic carbocycles. The standard InChI is InChI=1S/C16H19FO3/c1-11-13(6-3-7-14(11)17)16(15(19)20-2)9-4-5-12(18)8-10-16/h3,6-7H,4-5,8-10H2,1-2H3. The normalized spacial score (nSPS) is 23.2. The number of methoxy groups -OCH3 is 1. The number of Topliss-reactive ketones (excluding diaryl/α,β-unsaturated/α-hetero) is 1. The van der Waals surface area contributed by atoms with E-state index in [1.807, 2.05) is 0 Å². The van der Waals surface area contributed by atoms with Gasteiger partial charge in [0.25, 0.3) is 0 Å². The van der Waals surface area contributed by atoms with Crippen molar-refractivity contribution in [3.63, 3.8) is 0 Å². The second-order valence-corrected chi connectivity index (χ2v) is 5.38. The van der Waals surface area contributed by atoms with Gasteiger partial charge in [-0.15, -0.1) is 0 Å². The molecule has 108 valence electrons. The van der Waals surface area contributed by atoms with E-state index in [-0.39, 0.29) is 17.6 Å². The smallest absolute Gasteiger partial charge is 0.316 e. The number of rotatable bonds is 2. The summed E-state index contributed by atoms with van der Waals surface area (Å²) in [6, 6.07) is 4.76. The number of hydrogen-bond donors (Lipinski definition) is 0. The highest BCUT2D eigenvalue weighted by molar-refractivity contribution is 5.86. The highest BCUT2D eigenvalue weighted by Crippen LogP contribution is 2.40. The number of benzene rings is 1. The number of esters is 1. The van der Waals surface area contributed by atoms with E-state index in [0.29, 0.717) is 43.2 Å². The maximum absolute atomic E-state index is 13.8. The third-order valence-electron chi connectivity index (χ3n) is 4.25. The molecule has 0 bridgehead atoms. The first-order valence-corrected chi connectivity index (χ1v) is 6.87. The van der Waals surface area contributed by atoms with Crippen molar-refractivity contribution in [2.45, 2.75) is 44.4 Å². The summed E-state index contributed by atoms with van der Waals surface area (Å²) >= 11 is 0. The van der Waals surface area contributed by atoms with E-state index in [9.17, 15) is 14.0 Å². The van der Waals surface area contributed by atoms with Gasteiger partial charge in [0.2, 0.25) is 0 Å². The Bertz CT molecular complexity index is 539. The maximum Gasteiger partial charge on any atom is 0.316 e. The van der Waals surface area contributed by atoms with Crippen LogP contribution < -0.4 is 0 Å². The molecule has 20 heavy (non-hydrogen) atoms. The predicted octanol–water partition coefficient (Wildman–Crippen LogP) is 3.08. The van der Waals surface area contributed by atoms with Gasteiger partial charge in [0.05, 0.1) is 12.5 Å². The van der Waals surface area contributed by atoms with Crippen LogP contribution in [-0.4, -0.2) is 18.9 Å². The summed E-state index contributed by atoms with van der Waals surface area (Å²) in [6.07, 6.45) is 2.36. The highest BCUT2D eigenvalue weighted by Gasteiger charge is 2.43. The van der Waals surface area contributed by atoms with Gasteiger partial charge in [0, 0.05) is 12.8 Å². The van der Waals surface area contributed by atoms with Crippen LogP contribution in [0.3, 0.4) is 0 Å². The van der Waals surface area contributed by atoms with E-state index < -0.39 is 5.41 Å². The van der Waals surface area contributed by atoms with Crippen LogP contribution in [0.2, 0.25) is 0 Å². The van der Waals surface area contributed by atoms with Gasteiger partial charge in [-0.1, -0.05) is 12.1 Å². The minimum atomic E-state index is -0.896. The van der Waals surface area contributed by atoms with Gasteiger partial charge in [-0.2, -0.15) is 0 Å². The Kier molecular flexibility index (Phi) is 4.21. The molecule has 0 aliphatic heterocycles. The van der Waals surface area contributed by atoms with Gasteiger partial charge < -0.3 is 4.74 Å². The molecule has 0 radical (unpaired) electrons. The minimum absolute atomic E-state index is 0.157. The molecule has 0 aromatic heterocycles. The van der Waals surface area contributed by atoms with E-state index in [2.05, 4.69) is 0 Å². The van der Waals surface area contributed by atoms with E-state index in [1.54, 1.807) is 19.1 Å². The van der Waals surface area contributed by atoms with E-state index in [4.69, 9.17) is 4.74 Å². The fraction of sp³-hybridized carbons (Fsp3) is 0.500. The molecule has 1 saturated carbocycles. The first-order chi connectivity index (χ1) is 9.51. The fourth-order valence-corrected chi connectivity index (χ4v) is 3.09. The summed E-state index contributed by atoms with van der Waals surface area (Å²) in [5, 5.41) is 0. The van der Waals surface area contributed by atoms with Crippen molar-refractivity contribution in [1.82, 2.24) is 0 Å². The topological polar surface area (TPSA) is 43.4 Å². The molecule has 3 nitrogen and oxygen atoms in total. The zero-order valence-corrected chi connectivity index (χ0v) is 11.9. The summed E-state index contributed by atoms with van der Waals surface area (Å²) in [5.74, 6) is -0.549. The lowest BCUT2D eigenvalue weighted by Crippen LogP contribution is -2.37. The quantitative estimate of drug-likeness (QED) is 0.617. The molecule has 1 aliphatic carbocycles. The lowest BCUT2D eigenvalue weighted by molar-refractivity contribution is -0.148. The van der Waals surface area contributed by atoms with Crippen LogP contribution in [0.5, 0.6) is 0 Å². The number of carbonyl (C=O) groups excluding carboxylic acids is 2. The molecule has 1 unspecified atom stereocenters. The van der Waals surface area contributed by atoms with Crippen LogP contribution in [0, 0.1) is 12.7 Å². The molecule has 0 saturated heterocycles. The summed E-state index contributed by atoms with van der Waals surface area (Å²) in [4.78, 5) is 24.0. The molecular formula is C16H19FO3. The number of hydrogen-bond acceptors (Lipinski definition) is 3. The Labute approximate surface area is 118 Å². The molecule has 1 aromatic rings. The monoisotopic (exact) mass is 278 g/mol. The van der Waals surface area contributed by atoms with Crippen LogP contribution >= 0.6 is 0 Å². The van der Waals surface area contributed by atoms with Crippen LogP contribution in [0.25, 0.3) is 0 Å². The average molecular weight is 278 g/mol. The van der Waals surface area contributed by atoms with Crippen LogP contribution in [0.15, 0.2) is 18.2 Å². The van der Waals surface area contributed by atoms with Crippen molar-refractivity contribution in [3.05, 3.63) is 35.1 Å². The van der Waals surface area contributed by atoms with Crippen LogP contribution in [-0.2, 0) is 19.7 Å². The van der Waals surface area contributed by atoms with Crippen molar-refractivity contribution in [2.24, 2.45) is 0 Å². The molecule has 2 rings (SSSR count). The molecule has 0 heterocycles. The SMILES string of the molecule is COC(=O)C1(c2cccc(F)c2C)CCCC(=O)CC1. The van der Waals surface area contributed by atoms with E-state index in [0.717, 1.165) is 0 Å². The molecule has 0 spiro atoms. The zero-order chi connectivity index (χ0) is 14.8. The van der Waals surface area contributed by atoms with E-state index >= 15 is 0 Å². The number of carbonyl (C=O) groups is 2. The van der Waals surface area contributed by atoms with Gasteiger partial charge in [0.15, 0.2) is 0 Å². The number of ether oxygens (including phenoxy) is 1. The molecule has 0 amide bonds. The molecular weight excluding hydrogens is 259 g/mol. The third kappa shape index (κ3) is 2.47. The molecule has 4 heteroatoms. The van der Waals surface area contributed by atoms with Crippen molar-refractivity contribution in [2.75, 3.05) is 7.11 Å². The van der Waals surface area contributed by atoms with Crippen LogP contribution in [0.1, 0.15) is 43.2 Å². The Morgan fingerprint density at radius 1 is 1.30 bits per heavy atom. The Balaban J connectivity index is 2.54. The summed E-state index contributed by atoms with van der Waals surface area (Å²) in [5.41, 5.74) is 0.221. The number of ketones is 1. The Morgan fingerprint density at radius 3 is 2.75 bits per heavy atom. The molecule has 0 N–H and O–H groups in total. The second kappa shape index (κ2) is 5.73. The fourth-order valence-electron chi connectivity index (χ4n) is 3.09. The largest absolute Gasteiger partial charge is 0.468 e. The lowest BCUT2D eigenvalue weighted by atomic mass is 9.72. The molecule has 1 aliphatic rings. The summed E-state index contributed by atoms with van der Waals surface area (Å²) < 4.78 is 18.8. The lowest BCUT2D eigenvalue weighted by Gasteiger charge is -2.31. The van der Waals surface area contributed by atoms with Gasteiger partial charge >= 0.3 is 5.97 Å². The average Bonchev–Trinajstić information content (AvgIpc) is 2.64. The minimum Gasteiger partial charge on any atom is -0.468 e. The van der Waals surface area contributed by atoms with E-state index in [1.165, 1.54) is 13.2 Å². The van der Waals surface area contributed by atoms with Crippen molar-refractivity contribution in [1.29, 1.82) is 0 Å². The summed E-state index contributed by atoms with van der Waals surface area (Å²) in [7, 11) is 1.34. The van der Waals surface area contributed by atoms with Crippen molar-refractivity contribution >= 4 is 11.8 Å².